The van der Waals surface area contributed by atoms with Gasteiger partial charge in [0.25, 0.3) is 10.1 Å². The quantitative estimate of drug-likeness (QED) is 0.486. The van der Waals surface area contributed by atoms with E-state index in [1.54, 1.807) is 19.1 Å². The van der Waals surface area contributed by atoms with Crippen LogP contribution in [-0.4, -0.2) is 25.2 Å². The van der Waals surface area contributed by atoms with E-state index in [2.05, 4.69) is 0 Å². The summed E-state index contributed by atoms with van der Waals surface area (Å²) in [5.74, 6) is 0.413. The van der Waals surface area contributed by atoms with Crippen LogP contribution in [0.4, 0.5) is 0 Å². The first-order chi connectivity index (χ1) is 7.33. The zero-order valence-electron chi connectivity index (χ0n) is 9.08. The van der Waals surface area contributed by atoms with Crippen molar-refractivity contribution in [3.8, 4) is 5.75 Å². The van der Waals surface area contributed by atoms with E-state index in [0.29, 0.717) is 18.4 Å². The van der Waals surface area contributed by atoms with Crippen molar-refractivity contribution >= 4 is 16.1 Å². The maximum atomic E-state index is 10.8. The molecule has 0 saturated carbocycles. The highest BCUT2D eigenvalue weighted by molar-refractivity contribution is 7.85. The largest absolute Gasteiger partial charge is 0.427 e. The number of carbonyl (C=O) groups is 1. The molecule has 0 aliphatic rings. The molecular formula is C10H14O5S. The van der Waals surface area contributed by atoms with E-state index < -0.39 is 10.1 Å². The molecule has 0 aliphatic heterocycles. The third-order valence-electron chi connectivity index (χ3n) is 1.26. The Hall–Kier alpha value is -1.40. The van der Waals surface area contributed by atoms with E-state index >= 15 is 0 Å². The van der Waals surface area contributed by atoms with Gasteiger partial charge in [-0.1, -0.05) is 25.1 Å². The van der Waals surface area contributed by atoms with Gasteiger partial charge < -0.3 is 4.74 Å². The molecule has 1 aromatic carbocycles. The van der Waals surface area contributed by atoms with Gasteiger partial charge >= 0.3 is 5.97 Å². The third kappa shape index (κ3) is 10.7. The van der Waals surface area contributed by atoms with Gasteiger partial charge in [0.1, 0.15) is 5.75 Å². The fourth-order valence-electron chi connectivity index (χ4n) is 0.692. The molecule has 0 saturated heterocycles. The molecule has 1 N–H and O–H groups in total. The van der Waals surface area contributed by atoms with Gasteiger partial charge in [-0.2, -0.15) is 8.42 Å². The molecule has 0 spiro atoms. The summed E-state index contributed by atoms with van der Waals surface area (Å²) in [7, 11) is -3.67. The molecule has 0 atom stereocenters. The van der Waals surface area contributed by atoms with Crippen molar-refractivity contribution in [1.29, 1.82) is 0 Å². The van der Waals surface area contributed by atoms with Gasteiger partial charge in [-0.05, 0) is 12.1 Å². The van der Waals surface area contributed by atoms with Crippen LogP contribution in [0.2, 0.25) is 0 Å². The summed E-state index contributed by atoms with van der Waals surface area (Å²) in [5, 5.41) is 0. The SMILES string of the molecule is CCC(=O)Oc1ccccc1.CS(=O)(=O)O. The highest BCUT2D eigenvalue weighted by Gasteiger charge is 1.98. The highest BCUT2D eigenvalue weighted by Crippen LogP contribution is 2.08. The molecule has 0 heterocycles. The Morgan fingerprint density at radius 1 is 1.31 bits per heavy atom. The van der Waals surface area contributed by atoms with Gasteiger partial charge in [-0.3, -0.25) is 9.35 Å². The second-order valence-electron chi connectivity index (χ2n) is 2.87. The van der Waals surface area contributed by atoms with Crippen LogP contribution in [0.1, 0.15) is 13.3 Å². The third-order valence-corrected chi connectivity index (χ3v) is 1.26. The molecule has 0 bridgehead atoms. The topological polar surface area (TPSA) is 80.7 Å². The molecule has 0 fully saturated rings. The molecule has 5 nitrogen and oxygen atoms in total. The van der Waals surface area contributed by atoms with Crippen LogP contribution in [-0.2, 0) is 14.9 Å². The number of para-hydroxylation sites is 1. The molecule has 0 aromatic heterocycles. The van der Waals surface area contributed by atoms with Gasteiger partial charge in [0.15, 0.2) is 0 Å². The van der Waals surface area contributed by atoms with E-state index in [0.717, 1.165) is 0 Å². The summed E-state index contributed by atoms with van der Waals surface area (Å²) >= 11 is 0. The fourth-order valence-corrected chi connectivity index (χ4v) is 0.692. The van der Waals surface area contributed by atoms with Crippen LogP contribution in [0.25, 0.3) is 0 Å². The van der Waals surface area contributed by atoms with Crippen LogP contribution in [0.3, 0.4) is 0 Å². The number of hydrogen-bond acceptors (Lipinski definition) is 4. The van der Waals surface area contributed by atoms with Crippen molar-refractivity contribution in [2.45, 2.75) is 13.3 Å². The number of benzene rings is 1. The molecule has 0 radical (unpaired) electrons. The van der Waals surface area contributed by atoms with Crippen molar-refractivity contribution < 1.29 is 22.5 Å². The number of hydrogen-bond donors (Lipinski definition) is 1. The minimum Gasteiger partial charge on any atom is -0.427 e. The lowest BCUT2D eigenvalue weighted by molar-refractivity contribution is -0.134. The van der Waals surface area contributed by atoms with Gasteiger partial charge in [-0.25, -0.2) is 0 Å². The Labute approximate surface area is 94.8 Å². The summed E-state index contributed by atoms with van der Waals surface area (Å²) in [6.07, 6.45) is 1.13. The van der Waals surface area contributed by atoms with E-state index in [-0.39, 0.29) is 5.97 Å². The first-order valence-electron chi connectivity index (χ1n) is 4.51. The predicted molar refractivity (Wildman–Crippen MR) is 59.8 cm³/mol. The van der Waals surface area contributed by atoms with Gasteiger partial charge in [0.2, 0.25) is 0 Å². The van der Waals surface area contributed by atoms with Gasteiger partial charge in [0, 0.05) is 6.42 Å². The van der Waals surface area contributed by atoms with Crippen molar-refractivity contribution in [2.75, 3.05) is 6.26 Å². The number of ether oxygens (including phenoxy) is 1. The Kier molecular flexibility index (Phi) is 6.36. The van der Waals surface area contributed by atoms with Crippen LogP contribution in [0.5, 0.6) is 5.75 Å². The van der Waals surface area contributed by atoms with Crippen molar-refractivity contribution in [3.63, 3.8) is 0 Å². The summed E-state index contributed by atoms with van der Waals surface area (Å²) in [4.78, 5) is 10.8. The minimum atomic E-state index is -3.67. The maximum absolute atomic E-state index is 10.8. The molecule has 90 valence electrons. The Balaban J connectivity index is 0.000000385. The number of carbonyl (C=O) groups excluding carboxylic acids is 1. The average molecular weight is 246 g/mol. The zero-order valence-corrected chi connectivity index (χ0v) is 9.90. The van der Waals surface area contributed by atoms with Crippen LogP contribution >= 0.6 is 0 Å². The smallest absolute Gasteiger partial charge is 0.310 e. The van der Waals surface area contributed by atoms with E-state index in [9.17, 15) is 13.2 Å². The highest BCUT2D eigenvalue weighted by atomic mass is 32.2. The second kappa shape index (κ2) is 6.97. The lowest BCUT2D eigenvalue weighted by Gasteiger charge is -1.99. The summed E-state index contributed by atoms with van der Waals surface area (Å²) in [6.45, 7) is 1.77. The Morgan fingerprint density at radius 3 is 2.12 bits per heavy atom. The molecule has 1 rings (SSSR count). The lowest BCUT2D eigenvalue weighted by Crippen LogP contribution is -2.04. The molecule has 6 heteroatoms. The van der Waals surface area contributed by atoms with Crippen LogP contribution in [0.15, 0.2) is 30.3 Å². The molecular weight excluding hydrogens is 232 g/mol. The second-order valence-corrected chi connectivity index (χ2v) is 4.34. The molecule has 16 heavy (non-hydrogen) atoms. The van der Waals surface area contributed by atoms with E-state index in [4.69, 9.17) is 9.29 Å². The summed E-state index contributed by atoms with van der Waals surface area (Å²) in [5.41, 5.74) is 0. The summed E-state index contributed by atoms with van der Waals surface area (Å²) in [6, 6.07) is 9.06. The standard InChI is InChI=1S/C9H10O2.CH4O3S/c1-2-9(10)11-8-6-4-3-5-7-8;1-5(2,3)4/h3-7H,2H2,1H3;1H3,(H,2,3,4). The number of esters is 1. The molecule has 0 aliphatic carbocycles. The number of rotatable bonds is 2. The van der Waals surface area contributed by atoms with Crippen molar-refractivity contribution in [3.05, 3.63) is 30.3 Å². The Bertz CT molecular complexity index is 402. The van der Waals surface area contributed by atoms with Crippen molar-refractivity contribution in [2.24, 2.45) is 0 Å². The summed E-state index contributed by atoms with van der Waals surface area (Å²) < 4.78 is 30.8. The minimum absolute atomic E-state index is 0.198. The lowest BCUT2D eigenvalue weighted by atomic mass is 10.3. The maximum Gasteiger partial charge on any atom is 0.310 e. The van der Waals surface area contributed by atoms with Gasteiger partial charge in [0.05, 0.1) is 6.26 Å². The molecule has 1 aromatic rings. The van der Waals surface area contributed by atoms with Crippen LogP contribution in [0, 0.1) is 0 Å². The first-order valence-corrected chi connectivity index (χ1v) is 6.36. The average Bonchev–Trinajstić information content (AvgIpc) is 2.16. The predicted octanol–water partition coefficient (Wildman–Crippen LogP) is 1.51. The first kappa shape index (κ1) is 14.6. The van der Waals surface area contributed by atoms with Crippen LogP contribution < -0.4 is 4.74 Å². The van der Waals surface area contributed by atoms with Crippen molar-refractivity contribution in [1.82, 2.24) is 0 Å². The normalized spacial score (nSPS) is 9.94. The van der Waals surface area contributed by atoms with E-state index in [1.807, 2.05) is 18.2 Å². The van der Waals surface area contributed by atoms with Gasteiger partial charge in [-0.15, -0.1) is 0 Å². The zero-order chi connectivity index (χ0) is 12.6. The molecule has 0 unspecified atom stereocenters. The van der Waals surface area contributed by atoms with E-state index in [1.165, 1.54) is 0 Å². The Morgan fingerprint density at radius 2 is 1.75 bits per heavy atom. The fraction of sp³-hybridized carbons (Fsp3) is 0.300. The molecule has 0 amide bonds. The monoisotopic (exact) mass is 246 g/mol.